The van der Waals surface area contributed by atoms with E-state index < -0.39 is 0 Å². The molecular weight excluding hydrogens is 220 g/mol. The lowest BCUT2D eigenvalue weighted by atomic mass is 9.79. The Balaban J connectivity index is 1.82. The average molecular weight is 246 g/mol. The Morgan fingerprint density at radius 2 is 1.94 bits per heavy atom. The molecule has 0 saturated heterocycles. The largest absolute Gasteiger partial charge is 0.298 e. The first-order chi connectivity index (χ1) is 8.66. The van der Waals surface area contributed by atoms with Crippen LogP contribution in [-0.4, -0.2) is 23.0 Å². The molecule has 0 radical (unpaired) electrons. The second-order valence-electron chi connectivity index (χ2n) is 6.05. The summed E-state index contributed by atoms with van der Waals surface area (Å²) in [6.07, 6.45) is 7.39. The van der Waals surface area contributed by atoms with Gasteiger partial charge in [-0.25, -0.2) is 0 Å². The minimum absolute atomic E-state index is 0.752. The summed E-state index contributed by atoms with van der Waals surface area (Å²) in [6.45, 7) is 5.71. The van der Waals surface area contributed by atoms with Gasteiger partial charge < -0.3 is 0 Å². The van der Waals surface area contributed by atoms with Gasteiger partial charge in [-0.05, 0) is 56.7 Å². The molecule has 0 unspecified atom stereocenters. The van der Waals surface area contributed by atoms with Crippen molar-refractivity contribution in [3.63, 3.8) is 0 Å². The fourth-order valence-electron chi connectivity index (χ4n) is 3.09. The Hall–Kier alpha value is -0.890. The third-order valence-electron chi connectivity index (χ3n) is 4.45. The summed E-state index contributed by atoms with van der Waals surface area (Å²) in [4.78, 5) is 6.90. The first-order valence-corrected chi connectivity index (χ1v) is 7.27. The zero-order valence-corrected chi connectivity index (χ0v) is 12.0. The van der Waals surface area contributed by atoms with Crippen LogP contribution >= 0.6 is 0 Å². The maximum atomic E-state index is 4.42. The molecule has 0 atom stereocenters. The van der Waals surface area contributed by atoms with E-state index in [-0.39, 0.29) is 0 Å². The molecule has 100 valence electrons. The number of nitrogens with zero attached hydrogens (tertiary/aromatic N) is 2. The van der Waals surface area contributed by atoms with Gasteiger partial charge in [-0.2, -0.15) is 0 Å². The van der Waals surface area contributed by atoms with Crippen LogP contribution in [0.15, 0.2) is 24.4 Å². The van der Waals surface area contributed by atoms with Gasteiger partial charge in [-0.15, -0.1) is 0 Å². The average Bonchev–Trinajstić information content (AvgIpc) is 2.40. The van der Waals surface area contributed by atoms with E-state index in [0.29, 0.717) is 0 Å². The SMILES string of the molecule is CC(C)C1CCC(N(C)Cc2ccccn2)CC1. The van der Waals surface area contributed by atoms with E-state index in [0.717, 1.165) is 24.4 Å². The molecular formula is C16H26N2. The van der Waals surface area contributed by atoms with Crippen LogP contribution in [0.2, 0.25) is 0 Å². The molecule has 1 aromatic heterocycles. The molecule has 0 amide bonds. The van der Waals surface area contributed by atoms with Gasteiger partial charge in [0.2, 0.25) is 0 Å². The molecule has 0 spiro atoms. The molecule has 2 rings (SSSR count). The second kappa shape index (κ2) is 6.33. The summed E-state index contributed by atoms with van der Waals surface area (Å²) in [5.74, 6) is 1.80. The van der Waals surface area contributed by atoms with Crippen molar-refractivity contribution in [2.24, 2.45) is 11.8 Å². The fraction of sp³-hybridized carbons (Fsp3) is 0.688. The number of pyridine rings is 1. The highest BCUT2D eigenvalue weighted by atomic mass is 15.1. The van der Waals surface area contributed by atoms with Gasteiger partial charge in [0.15, 0.2) is 0 Å². The van der Waals surface area contributed by atoms with Crippen molar-refractivity contribution in [3.05, 3.63) is 30.1 Å². The predicted octanol–water partition coefficient (Wildman–Crippen LogP) is 3.73. The van der Waals surface area contributed by atoms with Crippen molar-refractivity contribution in [1.82, 2.24) is 9.88 Å². The summed E-state index contributed by atoms with van der Waals surface area (Å²) < 4.78 is 0. The lowest BCUT2D eigenvalue weighted by molar-refractivity contribution is 0.141. The van der Waals surface area contributed by atoms with Gasteiger partial charge in [0.25, 0.3) is 0 Å². The summed E-state index contributed by atoms with van der Waals surface area (Å²) in [5, 5.41) is 0. The van der Waals surface area contributed by atoms with Crippen molar-refractivity contribution in [1.29, 1.82) is 0 Å². The van der Waals surface area contributed by atoms with Gasteiger partial charge in [0.1, 0.15) is 0 Å². The van der Waals surface area contributed by atoms with Crippen LogP contribution in [0.3, 0.4) is 0 Å². The second-order valence-corrected chi connectivity index (χ2v) is 6.05. The third kappa shape index (κ3) is 3.55. The molecule has 2 nitrogen and oxygen atoms in total. The van der Waals surface area contributed by atoms with Gasteiger partial charge in [0.05, 0.1) is 5.69 Å². The minimum Gasteiger partial charge on any atom is -0.298 e. The van der Waals surface area contributed by atoms with E-state index in [1.807, 2.05) is 12.3 Å². The van der Waals surface area contributed by atoms with E-state index in [1.54, 1.807) is 0 Å². The monoisotopic (exact) mass is 246 g/mol. The Morgan fingerprint density at radius 3 is 2.50 bits per heavy atom. The highest BCUT2D eigenvalue weighted by Crippen LogP contribution is 2.32. The molecule has 1 aliphatic carbocycles. The van der Waals surface area contributed by atoms with E-state index in [9.17, 15) is 0 Å². The topological polar surface area (TPSA) is 16.1 Å². The summed E-state index contributed by atoms with van der Waals surface area (Å²) in [7, 11) is 2.25. The Labute approximate surface area is 111 Å². The summed E-state index contributed by atoms with van der Waals surface area (Å²) >= 11 is 0. The molecule has 0 bridgehead atoms. The predicted molar refractivity (Wildman–Crippen MR) is 76.3 cm³/mol. The lowest BCUT2D eigenvalue weighted by Crippen LogP contribution is -2.35. The number of aromatic nitrogens is 1. The molecule has 1 saturated carbocycles. The minimum atomic E-state index is 0.752. The quantitative estimate of drug-likeness (QED) is 0.804. The summed E-state index contributed by atoms with van der Waals surface area (Å²) in [5.41, 5.74) is 1.19. The van der Waals surface area contributed by atoms with Crippen LogP contribution in [0.1, 0.15) is 45.2 Å². The smallest absolute Gasteiger partial charge is 0.0543 e. The summed E-state index contributed by atoms with van der Waals surface area (Å²) in [6, 6.07) is 6.93. The Bertz CT molecular complexity index is 339. The van der Waals surface area contributed by atoms with Crippen molar-refractivity contribution in [3.8, 4) is 0 Å². The number of hydrogen-bond donors (Lipinski definition) is 0. The highest BCUT2D eigenvalue weighted by Gasteiger charge is 2.25. The van der Waals surface area contributed by atoms with Gasteiger partial charge in [-0.3, -0.25) is 9.88 Å². The molecule has 1 aromatic rings. The maximum Gasteiger partial charge on any atom is 0.0543 e. The van der Waals surface area contributed by atoms with Crippen LogP contribution in [0.25, 0.3) is 0 Å². The zero-order valence-electron chi connectivity index (χ0n) is 12.0. The highest BCUT2D eigenvalue weighted by molar-refractivity contribution is 5.03. The standard InChI is InChI=1S/C16H26N2/c1-13(2)14-7-9-16(10-8-14)18(3)12-15-6-4-5-11-17-15/h4-6,11,13-14,16H,7-10,12H2,1-3H3. The Kier molecular flexibility index (Phi) is 4.76. The lowest BCUT2D eigenvalue weighted by Gasteiger charge is -2.36. The van der Waals surface area contributed by atoms with E-state index >= 15 is 0 Å². The first-order valence-electron chi connectivity index (χ1n) is 7.27. The molecule has 18 heavy (non-hydrogen) atoms. The van der Waals surface area contributed by atoms with Gasteiger partial charge >= 0.3 is 0 Å². The molecule has 1 heterocycles. The maximum absolute atomic E-state index is 4.42. The van der Waals surface area contributed by atoms with Crippen LogP contribution in [0.5, 0.6) is 0 Å². The first kappa shape index (κ1) is 13.5. The van der Waals surface area contributed by atoms with Crippen LogP contribution in [0.4, 0.5) is 0 Å². The van der Waals surface area contributed by atoms with Crippen molar-refractivity contribution >= 4 is 0 Å². The van der Waals surface area contributed by atoms with Crippen molar-refractivity contribution in [2.45, 2.75) is 52.1 Å². The van der Waals surface area contributed by atoms with Crippen molar-refractivity contribution < 1.29 is 0 Å². The molecule has 1 fully saturated rings. The van der Waals surface area contributed by atoms with Gasteiger partial charge in [0, 0.05) is 18.8 Å². The Morgan fingerprint density at radius 1 is 1.22 bits per heavy atom. The zero-order chi connectivity index (χ0) is 13.0. The van der Waals surface area contributed by atoms with E-state index in [4.69, 9.17) is 0 Å². The van der Waals surface area contributed by atoms with Crippen LogP contribution < -0.4 is 0 Å². The molecule has 2 heteroatoms. The molecule has 1 aliphatic rings. The molecule has 0 N–H and O–H groups in total. The van der Waals surface area contributed by atoms with Crippen LogP contribution in [-0.2, 0) is 6.54 Å². The number of hydrogen-bond acceptors (Lipinski definition) is 2. The molecule has 0 aliphatic heterocycles. The third-order valence-corrected chi connectivity index (χ3v) is 4.45. The normalized spacial score (nSPS) is 24.7. The van der Waals surface area contributed by atoms with E-state index in [1.165, 1.54) is 31.4 Å². The molecule has 0 aromatic carbocycles. The van der Waals surface area contributed by atoms with Gasteiger partial charge in [-0.1, -0.05) is 19.9 Å². The fourth-order valence-corrected chi connectivity index (χ4v) is 3.09. The number of rotatable bonds is 4. The van der Waals surface area contributed by atoms with Crippen molar-refractivity contribution in [2.75, 3.05) is 7.05 Å². The van der Waals surface area contributed by atoms with E-state index in [2.05, 4.69) is 42.9 Å². The van der Waals surface area contributed by atoms with Crippen LogP contribution in [0, 0.1) is 11.8 Å².